The highest BCUT2D eigenvalue weighted by Crippen LogP contribution is 2.33. The number of anilines is 1. The average Bonchev–Trinajstić information content (AvgIpc) is 2.61. The van der Waals surface area contributed by atoms with Crippen LogP contribution in [0.15, 0.2) is 0 Å². The number of hydrogen-bond acceptors (Lipinski definition) is 5. The summed E-state index contributed by atoms with van der Waals surface area (Å²) < 4.78 is 37.1. The molecule has 0 saturated heterocycles. The molecule has 0 aliphatic rings. The van der Waals surface area contributed by atoms with E-state index in [-0.39, 0.29) is 6.54 Å². The largest absolute Gasteiger partial charge is 0.401 e. The molecule has 8 heteroatoms. The van der Waals surface area contributed by atoms with Crippen molar-refractivity contribution in [3.63, 3.8) is 0 Å². The molecule has 2 aromatic rings. The highest BCUT2D eigenvalue weighted by atomic mass is 32.1. The van der Waals surface area contributed by atoms with Crippen LogP contribution in [0.2, 0.25) is 0 Å². The van der Waals surface area contributed by atoms with Crippen LogP contribution in [-0.2, 0) is 6.54 Å². The predicted octanol–water partition coefficient (Wildman–Crippen LogP) is 3.34. The van der Waals surface area contributed by atoms with Crippen LogP contribution in [0.25, 0.3) is 10.2 Å². The molecule has 2 aromatic heterocycles. The van der Waals surface area contributed by atoms with Crippen LogP contribution < -0.4 is 5.32 Å². The second kappa shape index (κ2) is 5.76. The van der Waals surface area contributed by atoms with Crippen LogP contribution in [-0.4, -0.2) is 41.7 Å². The first-order valence-electron chi connectivity index (χ1n) is 6.41. The molecule has 0 saturated carbocycles. The van der Waals surface area contributed by atoms with Crippen molar-refractivity contribution in [2.75, 3.05) is 26.0 Å². The Kier molecular flexibility index (Phi) is 4.38. The number of aryl methyl sites for hydroxylation is 2. The minimum Gasteiger partial charge on any atom is -0.372 e. The van der Waals surface area contributed by atoms with Gasteiger partial charge in [0, 0.05) is 11.9 Å². The molecule has 2 heterocycles. The van der Waals surface area contributed by atoms with Crippen LogP contribution in [0.5, 0.6) is 0 Å². The van der Waals surface area contributed by atoms with E-state index in [1.54, 1.807) is 7.05 Å². The first-order chi connectivity index (χ1) is 9.71. The van der Waals surface area contributed by atoms with E-state index in [9.17, 15) is 13.2 Å². The molecule has 0 atom stereocenters. The third-order valence-electron chi connectivity index (χ3n) is 3.17. The van der Waals surface area contributed by atoms with Gasteiger partial charge in [0.05, 0.1) is 18.5 Å². The van der Waals surface area contributed by atoms with E-state index in [0.717, 1.165) is 25.6 Å². The Morgan fingerprint density at radius 3 is 2.48 bits per heavy atom. The summed E-state index contributed by atoms with van der Waals surface area (Å²) in [5, 5.41) is 3.95. The first kappa shape index (κ1) is 16.0. The summed E-state index contributed by atoms with van der Waals surface area (Å²) in [5.74, 6) is 1.05. The molecule has 0 aliphatic carbocycles. The predicted molar refractivity (Wildman–Crippen MR) is 78.8 cm³/mol. The lowest BCUT2D eigenvalue weighted by atomic mass is 10.2. The molecular formula is C13H17F3N4S. The molecule has 116 valence electrons. The molecule has 0 aromatic carbocycles. The number of fused-ring (bicyclic) bond motifs is 1. The van der Waals surface area contributed by atoms with Crippen LogP contribution in [0, 0.1) is 13.8 Å². The second-order valence-corrected chi connectivity index (χ2v) is 6.19. The zero-order chi connectivity index (χ0) is 15.8. The van der Waals surface area contributed by atoms with Gasteiger partial charge in [-0.3, -0.25) is 4.90 Å². The van der Waals surface area contributed by atoms with E-state index in [1.807, 2.05) is 13.8 Å². The van der Waals surface area contributed by atoms with Gasteiger partial charge in [0.1, 0.15) is 16.5 Å². The third-order valence-corrected chi connectivity index (χ3v) is 4.27. The maximum absolute atomic E-state index is 12.4. The number of thiophene rings is 1. The van der Waals surface area contributed by atoms with Gasteiger partial charge in [-0.1, -0.05) is 0 Å². The fourth-order valence-electron chi connectivity index (χ4n) is 2.15. The molecule has 0 unspecified atom stereocenters. The van der Waals surface area contributed by atoms with Gasteiger partial charge in [0.2, 0.25) is 0 Å². The van der Waals surface area contributed by atoms with Crippen LogP contribution in [0.1, 0.15) is 16.3 Å². The smallest absolute Gasteiger partial charge is 0.372 e. The Hall–Kier alpha value is -1.41. The third kappa shape index (κ3) is 3.62. The van der Waals surface area contributed by atoms with E-state index < -0.39 is 12.7 Å². The summed E-state index contributed by atoms with van der Waals surface area (Å²) in [5.41, 5.74) is 1.11. The van der Waals surface area contributed by atoms with Gasteiger partial charge in [0.25, 0.3) is 0 Å². The monoisotopic (exact) mass is 318 g/mol. The molecule has 2 rings (SSSR count). The number of halogens is 3. The normalized spacial score (nSPS) is 12.4. The summed E-state index contributed by atoms with van der Waals surface area (Å²) in [6, 6.07) is 0. The Morgan fingerprint density at radius 2 is 1.90 bits per heavy atom. The van der Waals surface area contributed by atoms with Crippen LogP contribution in [0.4, 0.5) is 19.0 Å². The fraction of sp³-hybridized carbons (Fsp3) is 0.538. The van der Waals surface area contributed by atoms with Gasteiger partial charge in [-0.25, -0.2) is 9.97 Å². The number of nitrogens with zero attached hydrogens (tertiary/aromatic N) is 3. The van der Waals surface area contributed by atoms with Crippen LogP contribution in [0.3, 0.4) is 0 Å². The van der Waals surface area contributed by atoms with Gasteiger partial charge < -0.3 is 5.32 Å². The first-order valence-corrected chi connectivity index (χ1v) is 7.22. The fourth-order valence-corrected chi connectivity index (χ4v) is 3.20. The molecule has 0 fully saturated rings. The quantitative estimate of drug-likeness (QED) is 0.939. The molecular weight excluding hydrogens is 301 g/mol. The minimum atomic E-state index is -4.22. The average molecular weight is 318 g/mol. The zero-order valence-corrected chi connectivity index (χ0v) is 13.1. The molecule has 0 aliphatic heterocycles. The number of rotatable bonds is 4. The number of alkyl halides is 3. The zero-order valence-electron chi connectivity index (χ0n) is 12.3. The molecule has 0 bridgehead atoms. The van der Waals surface area contributed by atoms with E-state index >= 15 is 0 Å². The van der Waals surface area contributed by atoms with Crippen molar-refractivity contribution >= 4 is 27.4 Å². The summed E-state index contributed by atoms with van der Waals surface area (Å²) in [6.07, 6.45) is -4.22. The van der Waals surface area contributed by atoms with Crippen molar-refractivity contribution in [2.24, 2.45) is 0 Å². The second-order valence-electron chi connectivity index (χ2n) is 4.99. The SMILES string of the molecule is CNc1nc(CN(C)CC(F)(F)F)nc2sc(C)c(C)c12. The number of nitrogens with one attached hydrogen (secondary N) is 1. The lowest BCUT2D eigenvalue weighted by Gasteiger charge is -2.17. The Balaban J connectivity index is 2.33. The van der Waals surface area contributed by atoms with Gasteiger partial charge in [-0.05, 0) is 26.5 Å². The van der Waals surface area contributed by atoms with Crippen molar-refractivity contribution in [2.45, 2.75) is 26.6 Å². The molecule has 0 spiro atoms. The summed E-state index contributed by atoms with van der Waals surface area (Å²) in [4.78, 5) is 11.8. The lowest BCUT2D eigenvalue weighted by Crippen LogP contribution is -2.31. The maximum Gasteiger partial charge on any atom is 0.401 e. The molecule has 1 N–H and O–H groups in total. The highest BCUT2D eigenvalue weighted by Gasteiger charge is 2.29. The molecule has 0 amide bonds. The van der Waals surface area contributed by atoms with Crippen molar-refractivity contribution < 1.29 is 13.2 Å². The maximum atomic E-state index is 12.4. The topological polar surface area (TPSA) is 41.1 Å². The van der Waals surface area contributed by atoms with E-state index in [2.05, 4.69) is 15.3 Å². The minimum absolute atomic E-state index is 0.0557. The Bertz CT molecular complexity index is 651. The van der Waals surface area contributed by atoms with Gasteiger partial charge in [0.15, 0.2) is 0 Å². The molecule has 4 nitrogen and oxygen atoms in total. The van der Waals surface area contributed by atoms with E-state index in [4.69, 9.17) is 0 Å². The summed E-state index contributed by atoms with van der Waals surface area (Å²) in [6.45, 7) is 3.07. The highest BCUT2D eigenvalue weighted by molar-refractivity contribution is 7.18. The van der Waals surface area contributed by atoms with Crippen LogP contribution >= 0.6 is 11.3 Å². The van der Waals surface area contributed by atoms with E-state index in [1.165, 1.54) is 18.4 Å². The number of aromatic nitrogens is 2. The molecule has 0 radical (unpaired) electrons. The standard InChI is InChI=1S/C13H17F3N4S/c1-7-8(2)21-12-10(7)11(17-3)18-9(19-12)5-20(4)6-13(14,15)16/h5-6H2,1-4H3,(H,17,18,19). The van der Waals surface area contributed by atoms with Gasteiger partial charge >= 0.3 is 6.18 Å². The van der Waals surface area contributed by atoms with Gasteiger partial charge in [-0.2, -0.15) is 13.2 Å². The van der Waals surface area contributed by atoms with Crippen molar-refractivity contribution in [3.8, 4) is 0 Å². The molecule has 21 heavy (non-hydrogen) atoms. The summed E-state index contributed by atoms with van der Waals surface area (Å²) in [7, 11) is 3.16. The van der Waals surface area contributed by atoms with Gasteiger partial charge in [-0.15, -0.1) is 11.3 Å². The van der Waals surface area contributed by atoms with Crippen molar-refractivity contribution in [3.05, 3.63) is 16.3 Å². The Morgan fingerprint density at radius 1 is 1.24 bits per heavy atom. The summed E-state index contributed by atoms with van der Waals surface area (Å²) >= 11 is 1.53. The van der Waals surface area contributed by atoms with Crippen molar-refractivity contribution in [1.82, 2.24) is 14.9 Å². The van der Waals surface area contributed by atoms with E-state index in [0.29, 0.717) is 11.6 Å². The Labute approximate surface area is 125 Å². The number of hydrogen-bond donors (Lipinski definition) is 1. The lowest BCUT2D eigenvalue weighted by molar-refractivity contribution is -0.144. The van der Waals surface area contributed by atoms with Crippen molar-refractivity contribution in [1.29, 1.82) is 0 Å².